The highest BCUT2D eigenvalue weighted by Gasteiger charge is 2.56. The summed E-state index contributed by atoms with van der Waals surface area (Å²) in [5.41, 5.74) is -0.278. The molecule has 0 radical (unpaired) electrons. The van der Waals surface area contributed by atoms with Gasteiger partial charge in [-0.15, -0.1) is 0 Å². The number of benzene rings is 3. The second kappa shape index (κ2) is 11.3. The summed E-state index contributed by atoms with van der Waals surface area (Å²) in [5, 5.41) is 0. The van der Waals surface area contributed by atoms with Crippen molar-refractivity contribution in [1.29, 1.82) is 0 Å². The molecule has 10 heteroatoms. The van der Waals surface area contributed by atoms with Gasteiger partial charge in [-0.2, -0.15) is 0 Å². The van der Waals surface area contributed by atoms with Crippen LogP contribution in [-0.2, 0) is 28.8 Å². The van der Waals surface area contributed by atoms with E-state index in [0.29, 0.717) is 5.56 Å². The van der Waals surface area contributed by atoms with E-state index in [9.17, 15) is 18.6 Å². The quantitative estimate of drug-likeness (QED) is 0.263. The molecule has 0 aliphatic carbocycles. The summed E-state index contributed by atoms with van der Waals surface area (Å²) < 4.78 is 36.3. The highest BCUT2D eigenvalue weighted by molar-refractivity contribution is 8.69. The van der Waals surface area contributed by atoms with Crippen molar-refractivity contribution in [2.24, 2.45) is 0 Å². The third-order valence-corrected chi connectivity index (χ3v) is 9.02. The molecule has 2 fully saturated rings. The smallest absolute Gasteiger partial charge is 0.338 e. The van der Waals surface area contributed by atoms with Crippen LogP contribution in [-0.4, -0.2) is 57.7 Å². The zero-order chi connectivity index (χ0) is 25.8. The number of rotatable bonds is 6. The van der Waals surface area contributed by atoms with Gasteiger partial charge in [0.15, 0.2) is 23.7 Å². The molecule has 6 atom stereocenters. The Kier molecular flexibility index (Phi) is 7.68. The van der Waals surface area contributed by atoms with Gasteiger partial charge in [-0.25, -0.2) is 18.6 Å². The lowest BCUT2D eigenvalue weighted by Gasteiger charge is -2.46. The molecule has 2 aliphatic rings. The fourth-order valence-electron chi connectivity index (χ4n) is 4.07. The van der Waals surface area contributed by atoms with Gasteiger partial charge in [0.2, 0.25) is 0 Å². The lowest BCUT2D eigenvalue weighted by Crippen LogP contribution is -2.64. The number of carbonyl (C=O) groups is 3. The highest BCUT2D eigenvalue weighted by atomic mass is 33.1. The molecule has 0 aromatic heterocycles. The van der Waals surface area contributed by atoms with E-state index in [2.05, 4.69) is 0 Å². The molecule has 2 heterocycles. The van der Waals surface area contributed by atoms with Gasteiger partial charge in [0.05, 0.1) is 16.7 Å². The molecule has 3 aromatic rings. The fraction of sp³-hybridized carbons (Fsp3) is 0.222. The molecule has 2 bridgehead atoms. The molecule has 2 saturated heterocycles. The standard InChI is InChI=1S/C27H22O8S2/c28-24(17-10-4-1-5-11-17)33-21-20-16-36-37(31)27(32-20)23(35-26(30)19-14-8-3-9-15-19)22(21)34-25(29)18-12-6-2-7-13-18/h1-15,20-23,27H,16H2/t20-,21-,22+,23-,27+,37?/m1/s1. The van der Waals surface area contributed by atoms with E-state index >= 15 is 0 Å². The zero-order valence-corrected chi connectivity index (χ0v) is 21.0. The summed E-state index contributed by atoms with van der Waals surface area (Å²) >= 11 is 0. The SMILES string of the molecule is O=C(O[C@@H]1[C@@H](OC(=O)c2ccccc2)[C@H]2O[C@H](CSS2=O)[C@H]1OC(=O)c1ccccc1)c1ccccc1. The number of hydrogen-bond donors (Lipinski definition) is 0. The molecule has 0 saturated carbocycles. The number of carbonyl (C=O) groups excluding carboxylic acids is 3. The van der Waals surface area contributed by atoms with Crippen LogP contribution in [0.4, 0.5) is 0 Å². The average Bonchev–Trinajstić information content (AvgIpc) is 2.95. The molecule has 3 aromatic carbocycles. The fourth-order valence-corrected chi connectivity index (χ4v) is 7.07. The predicted molar refractivity (Wildman–Crippen MR) is 136 cm³/mol. The van der Waals surface area contributed by atoms with Gasteiger partial charge in [-0.3, -0.25) is 0 Å². The largest absolute Gasteiger partial charge is 0.452 e. The van der Waals surface area contributed by atoms with E-state index in [1.165, 1.54) is 0 Å². The lowest BCUT2D eigenvalue weighted by atomic mass is 9.99. The Morgan fingerprint density at radius 2 is 1.05 bits per heavy atom. The van der Waals surface area contributed by atoms with Gasteiger partial charge in [0.25, 0.3) is 0 Å². The highest BCUT2D eigenvalue weighted by Crippen LogP contribution is 2.39. The van der Waals surface area contributed by atoms with E-state index in [1.807, 2.05) is 0 Å². The van der Waals surface area contributed by atoms with Gasteiger partial charge in [0, 0.05) is 5.75 Å². The average molecular weight is 539 g/mol. The molecular weight excluding hydrogens is 516 g/mol. The minimum atomic E-state index is -1.61. The maximum atomic E-state index is 13.1. The van der Waals surface area contributed by atoms with E-state index in [1.54, 1.807) is 91.0 Å². The molecule has 190 valence electrons. The first-order chi connectivity index (χ1) is 18.0. The van der Waals surface area contributed by atoms with Crippen molar-refractivity contribution in [3.8, 4) is 0 Å². The van der Waals surface area contributed by atoms with Gasteiger partial charge in [-0.1, -0.05) is 65.4 Å². The van der Waals surface area contributed by atoms with E-state index in [0.717, 1.165) is 10.8 Å². The van der Waals surface area contributed by atoms with Gasteiger partial charge >= 0.3 is 17.9 Å². The van der Waals surface area contributed by atoms with Crippen LogP contribution in [0.25, 0.3) is 0 Å². The number of ether oxygens (including phenoxy) is 4. The summed E-state index contributed by atoms with van der Waals surface area (Å²) in [7, 11) is -0.504. The molecule has 0 amide bonds. The van der Waals surface area contributed by atoms with Gasteiger partial charge in [-0.05, 0) is 36.4 Å². The molecule has 37 heavy (non-hydrogen) atoms. The minimum absolute atomic E-state index is 0.231. The first-order valence-electron chi connectivity index (χ1n) is 11.5. The number of hydrogen-bond acceptors (Lipinski definition) is 9. The lowest BCUT2D eigenvalue weighted by molar-refractivity contribution is -0.195. The Morgan fingerprint density at radius 1 is 0.649 bits per heavy atom. The Labute approximate surface area is 219 Å². The maximum absolute atomic E-state index is 13.1. The first-order valence-corrected chi connectivity index (χ1v) is 14.2. The van der Waals surface area contributed by atoms with Crippen molar-refractivity contribution in [3.05, 3.63) is 108 Å². The van der Waals surface area contributed by atoms with Crippen molar-refractivity contribution in [2.75, 3.05) is 5.75 Å². The maximum Gasteiger partial charge on any atom is 0.338 e. The summed E-state index contributed by atoms with van der Waals surface area (Å²) in [6, 6.07) is 24.9. The second-order valence-electron chi connectivity index (χ2n) is 8.30. The summed E-state index contributed by atoms with van der Waals surface area (Å²) in [6.07, 6.45) is -4.41. The predicted octanol–water partition coefficient (Wildman–Crippen LogP) is 3.80. The van der Waals surface area contributed by atoms with Gasteiger partial charge < -0.3 is 18.9 Å². The monoisotopic (exact) mass is 538 g/mol. The molecule has 1 unspecified atom stereocenters. The number of esters is 3. The van der Waals surface area contributed by atoms with Crippen molar-refractivity contribution in [3.63, 3.8) is 0 Å². The molecule has 5 rings (SSSR count). The Bertz CT molecular complexity index is 1290. The Hall–Kier alpha value is -3.47. The normalized spacial score (nSPS) is 26.5. The summed E-state index contributed by atoms with van der Waals surface area (Å²) in [4.78, 5) is 39.1. The molecule has 0 N–H and O–H groups in total. The van der Waals surface area contributed by atoms with E-state index < -0.39 is 57.6 Å². The Balaban J connectivity index is 1.49. The molecule has 2 aliphatic heterocycles. The van der Waals surface area contributed by atoms with Crippen molar-refractivity contribution >= 4 is 38.5 Å². The van der Waals surface area contributed by atoms with Crippen LogP contribution < -0.4 is 0 Å². The second-order valence-corrected chi connectivity index (χ2v) is 11.5. The summed E-state index contributed by atoms with van der Waals surface area (Å²) in [6.45, 7) is 0. The molecular formula is C27H22O8S2. The summed E-state index contributed by atoms with van der Waals surface area (Å²) in [5.74, 6) is -1.84. The van der Waals surface area contributed by atoms with Crippen LogP contribution in [0.1, 0.15) is 31.1 Å². The van der Waals surface area contributed by atoms with Crippen LogP contribution in [0.3, 0.4) is 0 Å². The van der Waals surface area contributed by atoms with Crippen LogP contribution in [0, 0.1) is 0 Å². The molecule has 8 nitrogen and oxygen atoms in total. The van der Waals surface area contributed by atoms with Crippen molar-refractivity contribution in [1.82, 2.24) is 0 Å². The topological polar surface area (TPSA) is 105 Å². The van der Waals surface area contributed by atoms with Crippen LogP contribution in [0.15, 0.2) is 91.0 Å². The number of fused-ring (bicyclic) bond motifs is 2. The third kappa shape index (κ3) is 5.61. The van der Waals surface area contributed by atoms with E-state index in [4.69, 9.17) is 18.9 Å². The van der Waals surface area contributed by atoms with Crippen molar-refractivity contribution < 1.29 is 37.5 Å². The minimum Gasteiger partial charge on any atom is -0.452 e. The first kappa shape index (κ1) is 25.2. The molecule has 0 spiro atoms. The van der Waals surface area contributed by atoms with Gasteiger partial charge in [0.1, 0.15) is 15.9 Å². The van der Waals surface area contributed by atoms with Crippen LogP contribution in [0.2, 0.25) is 0 Å². The van der Waals surface area contributed by atoms with E-state index in [-0.39, 0.29) is 16.9 Å². The zero-order valence-electron chi connectivity index (χ0n) is 19.3. The van der Waals surface area contributed by atoms with Crippen molar-refractivity contribution in [2.45, 2.75) is 29.9 Å². The Morgan fingerprint density at radius 3 is 1.51 bits per heavy atom. The third-order valence-electron chi connectivity index (χ3n) is 5.89. The van der Waals surface area contributed by atoms with Crippen LogP contribution in [0.5, 0.6) is 0 Å². The van der Waals surface area contributed by atoms with Crippen LogP contribution >= 0.6 is 10.8 Å².